The predicted octanol–water partition coefficient (Wildman–Crippen LogP) is 1.22. The zero-order valence-electron chi connectivity index (χ0n) is 7.74. The fourth-order valence-electron chi connectivity index (χ4n) is 0.885. The van der Waals surface area contributed by atoms with Crippen molar-refractivity contribution in [2.75, 3.05) is 6.54 Å². The van der Waals surface area contributed by atoms with Gasteiger partial charge in [0.05, 0.1) is 8.45 Å². The molecule has 5 nitrogen and oxygen atoms in total. The van der Waals surface area contributed by atoms with E-state index in [-0.39, 0.29) is 11.7 Å². The molecular formula is C8H10IN3O2S. The van der Waals surface area contributed by atoms with Gasteiger partial charge < -0.3 is 16.3 Å². The summed E-state index contributed by atoms with van der Waals surface area (Å²) in [7, 11) is 0. The van der Waals surface area contributed by atoms with Crippen molar-refractivity contribution in [3.05, 3.63) is 19.9 Å². The Morgan fingerprint density at radius 2 is 2.47 bits per heavy atom. The molecule has 1 aromatic rings. The summed E-state index contributed by atoms with van der Waals surface area (Å²) in [4.78, 5) is 11.5. The van der Waals surface area contributed by atoms with Gasteiger partial charge in [-0.1, -0.05) is 5.16 Å². The van der Waals surface area contributed by atoms with Crippen molar-refractivity contribution in [2.45, 2.75) is 6.42 Å². The van der Waals surface area contributed by atoms with E-state index in [1.807, 2.05) is 6.07 Å². The molecule has 15 heavy (non-hydrogen) atoms. The molecule has 1 amide bonds. The Kier molecular flexibility index (Phi) is 4.82. The standard InChI is InChI=1S/C8H10IN3O2S/c9-6-3-5(4-15-6)8(13)11-2-1-7(10)12-14/h3-4,14H,1-2H2,(H2,10,12)(H,11,13). The largest absolute Gasteiger partial charge is 0.409 e. The number of carbonyl (C=O) groups is 1. The number of nitrogens with zero attached hydrogens (tertiary/aromatic N) is 1. The average molecular weight is 339 g/mol. The smallest absolute Gasteiger partial charge is 0.252 e. The fourth-order valence-corrected chi connectivity index (χ4v) is 2.21. The summed E-state index contributed by atoms with van der Waals surface area (Å²) in [5, 5.41) is 15.5. The summed E-state index contributed by atoms with van der Waals surface area (Å²) < 4.78 is 1.06. The predicted molar refractivity (Wildman–Crippen MR) is 67.4 cm³/mol. The van der Waals surface area contributed by atoms with Crippen molar-refractivity contribution in [3.63, 3.8) is 0 Å². The number of hydrogen-bond acceptors (Lipinski definition) is 4. The number of amidine groups is 1. The van der Waals surface area contributed by atoms with Gasteiger partial charge in [-0.2, -0.15) is 0 Å². The Morgan fingerprint density at radius 1 is 1.73 bits per heavy atom. The molecule has 0 aromatic carbocycles. The lowest BCUT2D eigenvalue weighted by Gasteiger charge is -2.01. The van der Waals surface area contributed by atoms with Crippen LogP contribution in [0.15, 0.2) is 16.6 Å². The van der Waals surface area contributed by atoms with Crippen LogP contribution in [0.2, 0.25) is 0 Å². The van der Waals surface area contributed by atoms with Gasteiger partial charge in [-0.25, -0.2) is 0 Å². The van der Waals surface area contributed by atoms with Crippen LogP contribution in [0.1, 0.15) is 16.8 Å². The topological polar surface area (TPSA) is 87.7 Å². The highest BCUT2D eigenvalue weighted by molar-refractivity contribution is 14.1. The molecule has 0 saturated carbocycles. The fraction of sp³-hybridized carbons (Fsp3) is 0.250. The normalized spacial score (nSPS) is 11.4. The Balaban J connectivity index is 2.37. The maximum Gasteiger partial charge on any atom is 0.252 e. The second-order valence-electron chi connectivity index (χ2n) is 2.74. The molecule has 0 aliphatic rings. The minimum atomic E-state index is -0.139. The van der Waals surface area contributed by atoms with Crippen LogP contribution >= 0.6 is 33.9 Å². The van der Waals surface area contributed by atoms with Crippen LogP contribution in [-0.4, -0.2) is 23.5 Å². The number of hydrogen-bond donors (Lipinski definition) is 3. The van der Waals surface area contributed by atoms with Crippen molar-refractivity contribution in [1.82, 2.24) is 5.32 Å². The van der Waals surface area contributed by atoms with Gasteiger partial charge in [-0.05, 0) is 28.7 Å². The number of oxime groups is 1. The van der Waals surface area contributed by atoms with Gasteiger partial charge in [0.1, 0.15) is 5.84 Å². The van der Waals surface area contributed by atoms with Crippen LogP contribution in [0, 0.1) is 2.88 Å². The summed E-state index contributed by atoms with van der Waals surface area (Å²) in [5.41, 5.74) is 5.89. The molecule has 0 radical (unpaired) electrons. The van der Waals surface area contributed by atoms with Gasteiger partial charge in [0.2, 0.25) is 0 Å². The maximum absolute atomic E-state index is 11.5. The van der Waals surface area contributed by atoms with E-state index < -0.39 is 0 Å². The number of halogens is 1. The second kappa shape index (κ2) is 5.91. The quantitative estimate of drug-likeness (QED) is 0.253. The van der Waals surface area contributed by atoms with Crippen LogP contribution in [0.25, 0.3) is 0 Å². The average Bonchev–Trinajstić information content (AvgIpc) is 2.64. The van der Waals surface area contributed by atoms with Gasteiger partial charge in [-0.15, -0.1) is 11.3 Å². The van der Waals surface area contributed by atoms with Crippen LogP contribution in [0.3, 0.4) is 0 Å². The maximum atomic E-state index is 11.5. The van der Waals surface area contributed by atoms with E-state index in [1.165, 1.54) is 11.3 Å². The summed E-state index contributed by atoms with van der Waals surface area (Å²) in [6, 6.07) is 1.81. The first-order chi connectivity index (χ1) is 7.13. The van der Waals surface area contributed by atoms with Crippen LogP contribution in [-0.2, 0) is 0 Å². The van der Waals surface area contributed by atoms with Crippen molar-refractivity contribution < 1.29 is 10.0 Å². The minimum absolute atomic E-state index is 0.107. The number of nitrogens with two attached hydrogens (primary N) is 1. The summed E-state index contributed by atoms with van der Waals surface area (Å²) in [6.45, 7) is 0.362. The molecule has 4 N–H and O–H groups in total. The van der Waals surface area contributed by atoms with Crippen molar-refractivity contribution >= 4 is 45.7 Å². The molecule has 0 saturated heterocycles. The van der Waals surface area contributed by atoms with E-state index in [4.69, 9.17) is 10.9 Å². The zero-order chi connectivity index (χ0) is 11.3. The first-order valence-corrected chi connectivity index (χ1v) is 6.08. The monoisotopic (exact) mass is 339 g/mol. The van der Waals surface area contributed by atoms with Crippen LogP contribution < -0.4 is 11.1 Å². The van der Waals surface area contributed by atoms with E-state index >= 15 is 0 Å². The molecule has 1 aromatic heterocycles. The number of carbonyl (C=O) groups excluding carboxylic acids is 1. The minimum Gasteiger partial charge on any atom is -0.409 e. The zero-order valence-corrected chi connectivity index (χ0v) is 10.7. The lowest BCUT2D eigenvalue weighted by atomic mass is 10.3. The molecular weight excluding hydrogens is 329 g/mol. The highest BCUT2D eigenvalue weighted by Crippen LogP contribution is 2.16. The molecule has 1 rings (SSSR count). The molecule has 0 aliphatic carbocycles. The third kappa shape index (κ3) is 4.04. The SMILES string of the molecule is NC(CCNC(=O)c1csc(I)c1)=NO. The molecule has 0 bridgehead atoms. The highest BCUT2D eigenvalue weighted by Gasteiger charge is 2.06. The van der Waals surface area contributed by atoms with Gasteiger partial charge in [0, 0.05) is 18.3 Å². The number of thiophene rings is 1. The van der Waals surface area contributed by atoms with Crippen molar-refractivity contribution in [1.29, 1.82) is 0 Å². The Morgan fingerprint density at radius 3 is 3.00 bits per heavy atom. The highest BCUT2D eigenvalue weighted by atomic mass is 127. The third-order valence-electron chi connectivity index (χ3n) is 1.62. The first kappa shape index (κ1) is 12.2. The molecule has 1 heterocycles. The third-order valence-corrected chi connectivity index (χ3v) is 3.41. The number of rotatable bonds is 4. The van der Waals surface area contributed by atoms with Gasteiger partial charge >= 0.3 is 0 Å². The summed E-state index contributed by atoms with van der Waals surface area (Å²) >= 11 is 3.67. The van der Waals surface area contributed by atoms with E-state index in [9.17, 15) is 4.79 Å². The Labute approximate surface area is 104 Å². The second-order valence-corrected chi connectivity index (χ2v) is 5.54. The number of nitrogens with one attached hydrogen (secondary N) is 1. The molecule has 7 heteroatoms. The van der Waals surface area contributed by atoms with Crippen LogP contribution in [0.4, 0.5) is 0 Å². The summed E-state index contributed by atoms with van der Waals surface area (Å²) in [5.74, 6) is -0.0323. The van der Waals surface area contributed by atoms with Gasteiger partial charge in [-0.3, -0.25) is 4.79 Å². The molecule has 82 valence electrons. The first-order valence-electron chi connectivity index (χ1n) is 4.12. The van der Waals surface area contributed by atoms with E-state index in [0.717, 1.165) is 2.88 Å². The molecule has 0 fully saturated rings. The molecule has 0 atom stereocenters. The molecule has 0 aliphatic heterocycles. The van der Waals surface area contributed by atoms with E-state index in [1.54, 1.807) is 5.38 Å². The van der Waals surface area contributed by atoms with E-state index in [0.29, 0.717) is 18.5 Å². The van der Waals surface area contributed by atoms with Crippen molar-refractivity contribution in [3.8, 4) is 0 Å². The Bertz CT molecular complexity index is 378. The van der Waals surface area contributed by atoms with Crippen LogP contribution in [0.5, 0.6) is 0 Å². The summed E-state index contributed by atoms with van der Waals surface area (Å²) in [6.07, 6.45) is 0.337. The molecule has 0 unspecified atom stereocenters. The number of amides is 1. The van der Waals surface area contributed by atoms with E-state index in [2.05, 4.69) is 33.1 Å². The van der Waals surface area contributed by atoms with Crippen molar-refractivity contribution in [2.24, 2.45) is 10.9 Å². The molecule has 0 spiro atoms. The lowest BCUT2D eigenvalue weighted by molar-refractivity contribution is 0.0955. The lowest BCUT2D eigenvalue weighted by Crippen LogP contribution is -2.27. The Hall–Kier alpha value is -0.830. The van der Waals surface area contributed by atoms with Gasteiger partial charge in [0.15, 0.2) is 0 Å². The van der Waals surface area contributed by atoms with Gasteiger partial charge in [0.25, 0.3) is 5.91 Å².